The van der Waals surface area contributed by atoms with Crippen LogP contribution in [-0.4, -0.2) is 35.1 Å². The lowest BCUT2D eigenvalue weighted by Crippen LogP contribution is -2.40. The molecule has 2 amide bonds. The molecule has 1 heterocycles. The van der Waals surface area contributed by atoms with Gasteiger partial charge in [0.15, 0.2) is 5.69 Å². The summed E-state index contributed by atoms with van der Waals surface area (Å²) >= 11 is 1.09. The van der Waals surface area contributed by atoms with E-state index in [4.69, 9.17) is 4.74 Å². The number of nitrogens with one attached hydrogen (secondary N) is 1. The molecular formula is C20H20N4O3S. The van der Waals surface area contributed by atoms with E-state index in [9.17, 15) is 9.59 Å². The minimum Gasteiger partial charge on any atom is -0.497 e. The van der Waals surface area contributed by atoms with Crippen molar-refractivity contribution in [1.29, 1.82) is 0 Å². The standard InChI is InChI=1S/C20H20N4O3S/c1-14-3-7-16(8-4-14)24(20(26)18-13-28-23-22-18)12-19(25)21-11-15-5-9-17(27-2)10-6-15/h3-10,13H,11-12H2,1-2H3,(H,21,25). The topological polar surface area (TPSA) is 84.4 Å². The Morgan fingerprint density at radius 3 is 2.43 bits per heavy atom. The van der Waals surface area contributed by atoms with Crippen molar-refractivity contribution in [3.05, 3.63) is 70.7 Å². The molecule has 0 aliphatic heterocycles. The molecule has 0 radical (unpaired) electrons. The smallest absolute Gasteiger partial charge is 0.280 e. The predicted octanol–water partition coefficient (Wildman–Crippen LogP) is 2.82. The molecule has 0 atom stereocenters. The van der Waals surface area contributed by atoms with Crippen LogP contribution in [-0.2, 0) is 11.3 Å². The summed E-state index contributed by atoms with van der Waals surface area (Å²) in [7, 11) is 1.60. The lowest BCUT2D eigenvalue weighted by Gasteiger charge is -2.21. The minimum absolute atomic E-state index is 0.116. The Bertz CT molecular complexity index is 925. The molecule has 0 aliphatic carbocycles. The number of anilines is 1. The quantitative estimate of drug-likeness (QED) is 0.664. The van der Waals surface area contributed by atoms with Crippen LogP contribution in [0.15, 0.2) is 53.9 Å². The summed E-state index contributed by atoms with van der Waals surface area (Å²) < 4.78 is 8.86. The zero-order chi connectivity index (χ0) is 19.9. The van der Waals surface area contributed by atoms with Gasteiger partial charge in [-0.3, -0.25) is 14.5 Å². The zero-order valence-electron chi connectivity index (χ0n) is 15.6. The fourth-order valence-corrected chi connectivity index (χ4v) is 2.97. The van der Waals surface area contributed by atoms with Crippen LogP contribution in [0.2, 0.25) is 0 Å². The van der Waals surface area contributed by atoms with E-state index >= 15 is 0 Å². The second-order valence-corrected chi connectivity index (χ2v) is 6.75. The van der Waals surface area contributed by atoms with Crippen LogP contribution < -0.4 is 15.0 Å². The number of amides is 2. The third-order valence-corrected chi connectivity index (χ3v) is 4.63. The number of hydrogen-bond donors (Lipinski definition) is 1. The first-order chi connectivity index (χ1) is 13.6. The van der Waals surface area contributed by atoms with Crippen molar-refractivity contribution in [3.8, 4) is 5.75 Å². The van der Waals surface area contributed by atoms with Crippen molar-refractivity contribution in [3.63, 3.8) is 0 Å². The van der Waals surface area contributed by atoms with E-state index in [1.54, 1.807) is 12.5 Å². The number of aryl methyl sites for hydroxylation is 1. The van der Waals surface area contributed by atoms with Gasteiger partial charge in [-0.2, -0.15) is 0 Å². The normalized spacial score (nSPS) is 10.4. The molecule has 144 valence electrons. The Labute approximate surface area is 167 Å². The first-order valence-corrected chi connectivity index (χ1v) is 9.45. The van der Waals surface area contributed by atoms with Crippen molar-refractivity contribution in [2.75, 3.05) is 18.6 Å². The van der Waals surface area contributed by atoms with E-state index in [1.165, 1.54) is 4.90 Å². The fraction of sp³-hybridized carbons (Fsp3) is 0.200. The van der Waals surface area contributed by atoms with Crippen molar-refractivity contribution in [2.45, 2.75) is 13.5 Å². The Morgan fingerprint density at radius 2 is 1.82 bits per heavy atom. The van der Waals surface area contributed by atoms with E-state index in [-0.39, 0.29) is 24.1 Å². The van der Waals surface area contributed by atoms with Gasteiger partial charge >= 0.3 is 0 Å². The molecule has 0 bridgehead atoms. The molecule has 0 spiro atoms. The number of benzene rings is 2. The number of carbonyl (C=O) groups is 2. The number of methoxy groups -OCH3 is 1. The second-order valence-electron chi connectivity index (χ2n) is 6.14. The van der Waals surface area contributed by atoms with Crippen LogP contribution in [0.25, 0.3) is 0 Å². The highest BCUT2D eigenvalue weighted by molar-refractivity contribution is 7.03. The van der Waals surface area contributed by atoms with E-state index in [0.29, 0.717) is 12.2 Å². The highest BCUT2D eigenvalue weighted by Crippen LogP contribution is 2.18. The number of aromatic nitrogens is 2. The monoisotopic (exact) mass is 396 g/mol. The summed E-state index contributed by atoms with van der Waals surface area (Å²) in [5.74, 6) is 0.119. The van der Waals surface area contributed by atoms with Crippen molar-refractivity contribution in [2.24, 2.45) is 0 Å². The van der Waals surface area contributed by atoms with E-state index in [2.05, 4.69) is 14.9 Å². The van der Waals surface area contributed by atoms with Gasteiger partial charge in [-0.1, -0.05) is 34.3 Å². The Kier molecular flexibility index (Phi) is 6.33. The van der Waals surface area contributed by atoms with Gasteiger partial charge in [0.2, 0.25) is 5.91 Å². The molecule has 8 heteroatoms. The van der Waals surface area contributed by atoms with Crippen molar-refractivity contribution < 1.29 is 14.3 Å². The molecule has 0 saturated carbocycles. The van der Waals surface area contributed by atoms with Gasteiger partial charge in [-0.15, -0.1) is 5.10 Å². The number of carbonyl (C=O) groups excluding carboxylic acids is 2. The van der Waals surface area contributed by atoms with E-state index in [1.807, 2.05) is 55.5 Å². The van der Waals surface area contributed by atoms with Gasteiger partial charge in [0.25, 0.3) is 5.91 Å². The van der Waals surface area contributed by atoms with Crippen LogP contribution in [0.5, 0.6) is 5.75 Å². The molecule has 0 saturated heterocycles. The first-order valence-electron chi connectivity index (χ1n) is 8.62. The average molecular weight is 396 g/mol. The lowest BCUT2D eigenvalue weighted by molar-refractivity contribution is -0.119. The molecule has 0 unspecified atom stereocenters. The van der Waals surface area contributed by atoms with E-state index < -0.39 is 0 Å². The van der Waals surface area contributed by atoms with Gasteiger partial charge in [0.05, 0.1) is 7.11 Å². The Hall–Kier alpha value is -3.26. The molecule has 3 rings (SSSR count). The fourth-order valence-electron chi connectivity index (χ4n) is 2.54. The lowest BCUT2D eigenvalue weighted by atomic mass is 10.2. The first kappa shape index (κ1) is 19.5. The zero-order valence-corrected chi connectivity index (χ0v) is 16.4. The third-order valence-electron chi connectivity index (χ3n) is 4.12. The van der Waals surface area contributed by atoms with Gasteiger partial charge in [-0.05, 0) is 48.3 Å². The molecule has 0 aliphatic rings. The Morgan fingerprint density at radius 1 is 1.11 bits per heavy atom. The SMILES string of the molecule is COc1ccc(CNC(=O)CN(C(=O)c2csnn2)c2ccc(C)cc2)cc1. The molecule has 1 aromatic heterocycles. The summed E-state index contributed by atoms with van der Waals surface area (Å²) in [6.45, 7) is 2.20. The van der Waals surface area contributed by atoms with Crippen molar-refractivity contribution >= 4 is 29.0 Å². The van der Waals surface area contributed by atoms with Gasteiger partial charge in [0.1, 0.15) is 12.3 Å². The molecule has 0 fully saturated rings. The van der Waals surface area contributed by atoms with Gasteiger partial charge in [0, 0.05) is 17.6 Å². The van der Waals surface area contributed by atoms with Crippen molar-refractivity contribution in [1.82, 2.24) is 14.9 Å². The summed E-state index contributed by atoms with van der Waals surface area (Å²) in [6.07, 6.45) is 0. The summed E-state index contributed by atoms with van der Waals surface area (Å²) in [5, 5.41) is 8.24. The minimum atomic E-state index is -0.364. The van der Waals surface area contributed by atoms with Crippen LogP contribution in [0.3, 0.4) is 0 Å². The molecule has 28 heavy (non-hydrogen) atoms. The number of ether oxygens (including phenoxy) is 1. The second kappa shape index (κ2) is 9.09. The maximum absolute atomic E-state index is 12.8. The van der Waals surface area contributed by atoms with Crippen LogP contribution in [0.4, 0.5) is 5.69 Å². The largest absolute Gasteiger partial charge is 0.497 e. The molecule has 7 nitrogen and oxygen atoms in total. The third kappa shape index (κ3) is 4.92. The number of rotatable bonds is 7. The average Bonchev–Trinajstić information content (AvgIpc) is 3.26. The predicted molar refractivity (Wildman–Crippen MR) is 108 cm³/mol. The van der Waals surface area contributed by atoms with E-state index in [0.717, 1.165) is 28.4 Å². The van der Waals surface area contributed by atoms with Gasteiger partial charge in [-0.25, -0.2) is 0 Å². The highest BCUT2D eigenvalue weighted by Gasteiger charge is 2.22. The Balaban J connectivity index is 1.70. The van der Waals surface area contributed by atoms with Crippen LogP contribution >= 0.6 is 11.5 Å². The maximum Gasteiger partial charge on any atom is 0.280 e. The van der Waals surface area contributed by atoms with Gasteiger partial charge < -0.3 is 10.1 Å². The molecule has 1 N–H and O–H groups in total. The number of nitrogens with zero attached hydrogens (tertiary/aromatic N) is 3. The van der Waals surface area contributed by atoms with Crippen LogP contribution in [0.1, 0.15) is 21.6 Å². The summed E-state index contributed by atoms with van der Waals surface area (Å²) in [5.41, 5.74) is 2.85. The maximum atomic E-state index is 12.8. The highest BCUT2D eigenvalue weighted by atomic mass is 32.1. The summed E-state index contributed by atoms with van der Waals surface area (Å²) in [4.78, 5) is 26.7. The number of hydrogen-bond acceptors (Lipinski definition) is 6. The molecule has 3 aromatic rings. The van der Waals surface area contributed by atoms with Crippen LogP contribution in [0, 0.1) is 6.92 Å². The summed E-state index contributed by atoms with van der Waals surface area (Å²) in [6, 6.07) is 14.8. The molecular weight excluding hydrogens is 376 g/mol. The molecule has 2 aromatic carbocycles.